The van der Waals surface area contributed by atoms with E-state index in [0.29, 0.717) is 31.1 Å². The fourth-order valence-corrected chi connectivity index (χ4v) is 2.78. The molecule has 0 atom stereocenters. The van der Waals surface area contributed by atoms with Gasteiger partial charge in [-0.1, -0.05) is 6.07 Å². The number of carbonyl (C=O) groups excluding carboxylic acids is 3. The SMILES string of the molecule is COc1ccc(CNC(=O)N2CC(N3C(=O)COC3=O)C2)cc1OC. The number of benzene rings is 1. The molecule has 134 valence electrons. The first kappa shape index (κ1) is 16.9. The number of methoxy groups -OCH3 is 2. The molecule has 2 heterocycles. The lowest BCUT2D eigenvalue weighted by Gasteiger charge is -2.41. The minimum atomic E-state index is -0.639. The lowest BCUT2D eigenvalue weighted by Crippen LogP contribution is -2.63. The molecule has 2 aliphatic heterocycles. The zero-order valence-corrected chi connectivity index (χ0v) is 14.0. The van der Waals surface area contributed by atoms with Crippen LogP contribution in [-0.2, 0) is 16.1 Å². The summed E-state index contributed by atoms with van der Waals surface area (Å²) in [5.41, 5.74) is 0.862. The van der Waals surface area contributed by atoms with Gasteiger partial charge < -0.3 is 24.4 Å². The van der Waals surface area contributed by atoms with E-state index in [2.05, 4.69) is 10.1 Å². The number of nitrogens with one attached hydrogen (secondary N) is 1. The molecular weight excluding hydrogens is 330 g/mol. The van der Waals surface area contributed by atoms with Gasteiger partial charge in [-0.05, 0) is 17.7 Å². The summed E-state index contributed by atoms with van der Waals surface area (Å²) in [6.45, 7) is 0.711. The lowest BCUT2D eigenvalue weighted by molar-refractivity contribution is -0.129. The van der Waals surface area contributed by atoms with E-state index in [1.807, 2.05) is 6.07 Å². The van der Waals surface area contributed by atoms with Crippen molar-refractivity contribution in [1.29, 1.82) is 0 Å². The van der Waals surface area contributed by atoms with Crippen LogP contribution in [-0.4, -0.2) is 67.8 Å². The van der Waals surface area contributed by atoms with E-state index < -0.39 is 6.09 Å². The molecule has 9 nitrogen and oxygen atoms in total. The van der Waals surface area contributed by atoms with Gasteiger partial charge in [0.1, 0.15) is 0 Å². The first-order valence-corrected chi connectivity index (χ1v) is 7.76. The van der Waals surface area contributed by atoms with Crippen molar-refractivity contribution >= 4 is 18.0 Å². The van der Waals surface area contributed by atoms with Gasteiger partial charge in [-0.25, -0.2) is 14.5 Å². The van der Waals surface area contributed by atoms with Crippen molar-refractivity contribution < 1.29 is 28.6 Å². The second-order valence-corrected chi connectivity index (χ2v) is 5.73. The molecule has 0 saturated carbocycles. The molecule has 0 aliphatic carbocycles. The molecule has 4 amide bonds. The van der Waals surface area contributed by atoms with Gasteiger partial charge >= 0.3 is 12.1 Å². The fourth-order valence-electron chi connectivity index (χ4n) is 2.78. The Balaban J connectivity index is 1.49. The topological polar surface area (TPSA) is 97.4 Å². The van der Waals surface area contributed by atoms with Crippen molar-refractivity contribution in [3.05, 3.63) is 23.8 Å². The number of hydrogen-bond donors (Lipinski definition) is 1. The monoisotopic (exact) mass is 349 g/mol. The average molecular weight is 349 g/mol. The Hall–Kier alpha value is -2.97. The molecule has 3 rings (SSSR count). The predicted octanol–water partition coefficient (Wildman–Crippen LogP) is 0.576. The third-order valence-corrected chi connectivity index (χ3v) is 4.19. The average Bonchev–Trinajstić information content (AvgIpc) is 2.90. The van der Waals surface area contributed by atoms with E-state index in [1.165, 1.54) is 4.90 Å². The summed E-state index contributed by atoms with van der Waals surface area (Å²) in [4.78, 5) is 37.8. The van der Waals surface area contributed by atoms with Crippen LogP contribution in [0.2, 0.25) is 0 Å². The standard InChI is InChI=1S/C16H19N3O6/c1-23-12-4-3-10(5-13(12)24-2)6-17-15(21)18-7-11(8-18)19-14(20)9-25-16(19)22/h3-5,11H,6-9H2,1-2H3,(H,17,21). The van der Waals surface area contributed by atoms with Crippen LogP contribution in [0.4, 0.5) is 9.59 Å². The molecular formula is C16H19N3O6. The Bertz CT molecular complexity index is 685. The number of likely N-dealkylation sites (tertiary alicyclic amines) is 1. The first-order valence-electron chi connectivity index (χ1n) is 7.76. The number of rotatable bonds is 5. The summed E-state index contributed by atoms with van der Waals surface area (Å²) in [6, 6.07) is 4.82. The summed E-state index contributed by atoms with van der Waals surface area (Å²) >= 11 is 0. The van der Waals surface area contributed by atoms with Crippen molar-refractivity contribution in [1.82, 2.24) is 15.1 Å². The van der Waals surface area contributed by atoms with Crippen LogP contribution in [0.1, 0.15) is 5.56 Å². The summed E-state index contributed by atoms with van der Waals surface area (Å²) < 4.78 is 15.1. The zero-order valence-electron chi connectivity index (χ0n) is 14.0. The van der Waals surface area contributed by atoms with Gasteiger partial charge in [0, 0.05) is 19.6 Å². The molecule has 0 bridgehead atoms. The third-order valence-electron chi connectivity index (χ3n) is 4.19. The van der Waals surface area contributed by atoms with Gasteiger partial charge in [-0.3, -0.25) is 4.79 Å². The summed E-state index contributed by atoms with van der Waals surface area (Å²) in [5, 5.41) is 2.79. The Labute approximate surface area is 144 Å². The van der Waals surface area contributed by atoms with Crippen molar-refractivity contribution in [2.24, 2.45) is 0 Å². The maximum atomic E-state index is 12.1. The number of nitrogens with zero attached hydrogens (tertiary/aromatic N) is 2. The molecule has 0 spiro atoms. The molecule has 2 saturated heterocycles. The second-order valence-electron chi connectivity index (χ2n) is 5.73. The Morgan fingerprint density at radius 3 is 2.56 bits per heavy atom. The smallest absolute Gasteiger partial charge is 0.417 e. The highest BCUT2D eigenvalue weighted by Gasteiger charge is 2.44. The van der Waals surface area contributed by atoms with Gasteiger partial charge in [0.25, 0.3) is 5.91 Å². The minimum absolute atomic E-state index is 0.221. The molecule has 0 unspecified atom stereocenters. The maximum absolute atomic E-state index is 12.1. The summed E-state index contributed by atoms with van der Waals surface area (Å²) in [6.07, 6.45) is -0.639. The lowest BCUT2D eigenvalue weighted by atomic mass is 10.1. The van der Waals surface area contributed by atoms with Crippen molar-refractivity contribution in [3.8, 4) is 11.5 Å². The van der Waals surface area contributed by atoms with Crippen LogP contribution in [0.3, 0.4) is 0 Å². The van der Waals surface area contributed by atoms with E-state index >= 15 is 0 Å². The molecule has 9 heteroatoms. The number of imide groups is 1. The Morgan fingerprint density at radius 2 is 1.96 bits per heavy atom. The van der Waals surface area contributed by atoms with E-state index in [4.69, 9.17) is 9.47 Å². The Morgan fingerprint density at radius 1 is 1.24 bits per heavy atom. The normalized spacial score (nSPS) is 17.2. The Kier molecular flexibility index (Phi) is 4.64. The van der Waals surface area contributed by atoms with Gasteiger partial charge in [0.2, 0.25) is 0 Å². The highest BCUT2D eigenvalue weighted by atomic mass is 16.6. The van der Waals surface area contributed by atoms with Gasteiger partial charge in [-0.2, -0.15) is 0 Å². The molecule has 1 N–H and O–H groups in total. The minimum Gasteiger partial charge on any atom is -0.493 e. The summed E-state index contributed by atoms with van der Waals surface area (Å²) in [5.74, 6) is 0.843. The highest BCUT2D eigenvalue weighted by molar-refractivity contribution is 5.98. The molecule has 0 aromatic heterocycles. The van der Waals surface area contributed by atoms with Gasteiger partial charge in [0.15, 0.2) is 18.1 Å². The molecule has 2 fully saturated rings. The van der Waals surface area contributed by atoms with Crippen LogP contribution in [0.25, 0.3) is 0 Å². The van der Waals surface area contributed by atoms with Crippen molar-refractivity contribution in [2.45, 2.75) is 12.6 Å². The number of carbonyl (C=O) groups is 3. The molecule has 0 radical (unpaired) electrons. The zero-order chi connectivity index (χ0) is 18.0. The van der Waals surface area contributed by atoms with Crippen LogP contribution in [0.5, 0.6) is 11.5 Å². The van der Waals surface area contributed by atoms with Gasteiger partial charge in [0.05, 0.1) is 20.3 Å². The van der Waals surface area contributed by atoms with Crippen LogP contribution < -0.4 is 14.8 Å². The number of hydrogen-bond acceptors (Lipinski definition) is 6. The molecule has 2 aliphatic rings. The van der Waals surface area contributed by atoms with Crippen LogP contribution in [0, 0.1) is 0 Å². The quantitative estimate of drug-likeness (QED) is 0.835. The summed E-state index contributed by atoms with van der Waals surface area (Å²) in [7, 11) is 3.10. The van der Waals surface area contributed by atoms with E-state index in [-0.39, 0.29) is 24.6 Å². The van der Waals surface area contributed by atoms with E-state index in [9.17, 15) is 14.4 Å². The van der Waals surface area contributed by atoms with Crippen LogP contribution in [0.15, 0.2) is 18.2 Å². The van der Waals surface area contributed by atoms with E-state index in [1.54, 1.807) is 26.4 Å². The van der Waals surface area contributed by atoms with E-state index in [0.717, 1.165) is 10.5 Å². The second kappa shape index (κ2) is 6.88. The number of urea groups is 1. The molecule has 1 aromatic rings. The fraction of sp³-hybridized carbons (Fsp3) is 0.438. The first-order chi connectivity index (χ1) is 12.0. The third kappa shape index (κ3) is 3.30. The number of cyclic esters (lactones) is 1. The molecule has 25 heavy (non-hydrogen) atoms. The van der Waals surface area contributed by atoms with Crippen molar-refractivity contribution in [2.75, 3.05) is 33.9 Å². The largest absolute Gasteiger partial charge is 0.493 e. The maximum Gasteiger partial charge on any atom is 0.417 e. The number of amides is 4. The predicted molar refractivity (Wildman–Crippen MR) is 85.3 cm³/mol. The highest BCUT2D eigenvalue weighted by Crippen LogP contribution is 2.27. The van der Waals surface area contributed by atoms with Crippen LogP contribution >= 0.6 is 0 Å². The molecule has 1 aromatic carbocycles. The van der Waals surface area contributed by atoms with Gasteiger partial charge in [-0.15, -0.1) is 0 Å². The number of ether oxygens (including phenoxy) is 3. The van der Waals surface area contributed by atoms with Crippen molar-refractivity contribution in [3.63, 3.8) is 0 Å².